The summed E-state index contributed by atoms with van der Waals surface area (Å²) in [4.78, 5) is 29.8. The van der Waals surface area contributed by atoms with Crippen LogP contribution in [0.3, 0.4) is 0 Å². The lowest BCUT2D eigenvalue weighted by molar-refractivity contribution is 0.359. The highest BCUT2D eigenvalue weighted by Crippen LogP contribution is 2.24. The zero-order valence-corrected chi connectivity index (χ0v) is 16.9. The summed E-state index contributed by atoms with van der Waals surface area (Å²) >= 11 is 0. The number of nitrogens with one attached hydrogen (secondary N) is 2. The highest BCUT2D eigenvalue weighted by molar-refractivity contribution is 5.74. The molecule has 0 aromatic carbocycles. The number of imidazole rings is 1. The number of hydrogen-bond acceptors (Lipinski definition) is 5. The molecule has 0 spiro atoms. The molecule has 2 aromatic heterocycles. The molecule has 2 N–H and O–H groups in total. The molecule has 8 heteroatoms. The lowest BCUT2D eigenvalue weighted by atomic mass is 9.90. The first-order valence-corrected chi connectivity index (χ1v) is 9.58. The number of aryl methyl sites for hydroxylation is 1. The van der Waals surface area contributed by atoms with E-state index in [2.05, 4.69) is 21.7 Å². The van der Waals surface area contributed by atoms with Crippen LogP contribution in [0.5, 0.6) is 0 Å². The van der Waals surface area contributed by atoms with E-state index in [0.29, 0.717) is 29.7 Å². The molecule has 2 unspecified atom stereocenters. The SMILES string of the molecule is CNC1CCCCC1Nc1nc2c(c(=O)n(C)c(=O)n2C)n1CC=C(C)C. The summed E-state index contributed by atoms with van der Waals surface area (Å²) in [5.41, 5.74) is 1.36. The van der Waals surface area contributed by atoms with Crippen molar-refractivity contribution in [1.82, 2.24) is 24.0 Å². The van der Waals surface area contributed by atoms with Gasteiger partial charge in [-0.2, -0.15) is 4.98 Å². The molecule has 27 heavy (non-hydrogen) atoms. The van der Waals surface area contributed by atoms with Crippen LogP contribution in [0.2, 0.25) is 0 Å². The zero-order chi connectivity index (χ0) is 19.7. The molecule has 2 atom stereocenters. The minimum Gasteiger partial charge on any atom is -0.351 e. The van der Waals surface area contributed by atoms with Crippen LogP contribution in [-0.4, -0.2) is 37.8 Å². The van der Waals surface area contributed by atoms with Crippen LogP contribution in [0.15, 0.2) is 21.2 Å². The lowest BCUT2D eigenvalue weighted by Gasteiger charge is -2.32. The summed E-state index contributed by atoms with van der Waals surface area (Å²) in [6.07, 6.45) is 6.61. The Kier molecular flexibility index (Phi) is 5.55. The third kappa shape index (κ3) is 3.58. The first-order valence-electron chi connectivity index (χ1n) is 9.58. The van der Waals surface area contributed by atoms with Gasteiger partial charge in [-0.15, -0.1) is 0 Å². The number of rotatable bonds is 5. The topological polar surface area (TPSA) is 85.9 Å². The Morgan fingerprint density at radius 3 is 2.44 bits per heavy atom. The molecule has 0 aliphatic heterocycles. The van der Waals surface area contributed by atoms with Gasteiger partial charge in [0.1, 0.15) is 0 Å². The summed E-state index contributed by atoms with van der Waals surface area (Å²) in [5, 5.41) is 6.94. The van der Waals surface area contributed by atoms with Gasteiger partial charge in [0.05, 0.1) is 0 Å². The van der Waals surface area contributed by atoms with Crippen molar-refractivity contribution in [3.63, 3.8) is 0 Å². The van der Waals surface area contributed by atoms with Crippen LogP contribution < -0.4 is 21.9 Å². The van der Waals surface area contributed by atoms with Crippen LogP contribution in [0.4, 0.5) is 5.95 Å². The molecular weight excluding hydrogens is 344 g/mol. The van der Waals surface area contributed by atoms with Crippen molar-refractivity contribution in [3.8, 4) is 0 Å². The molecule has 1 fully saturated rings. The number of fused-ring (bicyclic) bond motifs is 1. The van der Waals surface area contributed by atoms with Crippen LogP contribution in [0, 0.1) is 0 Å². The van der Waals surface area contributed by atoms with E-state index in [1.807, 2.05) is 25.5 Å². The Bertz CT molecular complexity index is 977. The largest absolute Gasteiger partial charge is 0.351 e. The second kappa shape index (κ2) is 7.72. The zero-order valence-electron chi connectivity index (χ0n) is 16.9. The maximum Gasteiger partial charge on any atom is 0.332 e. The smallest absolute Gasteiger partial charge is 0.332 e. The van der Waals surface area contributed by atoms with Gasteiger partial charge < -0.3 is 15.2 Å². The monoisotopic (exact) mass is 374 g/mol. The number of allylic oxidation sites excluding steroid dienone is 2. The summed E-state index contributed by atoms with van der Waals surface area (Å²) in [6.45, 7) is 4.59. The molecule has 0 amide bonds. The first-order chi connectivity index (χ1) is 12.8. The fourth-order valence-corrected chi connectivity index (χ4v) is 3.82. The van der Waals surface area contributed by atoms with E-state index >= 15 is 0 Å². The molecule has 1 aliphatic rings. The standard InChI is InChI=1S/C19H30N6O2/c1-12(2)10-11-25-15-16(23(4)19(27)24(5)17(15)26)22-18(25)21-14-9-7-6-8-13(14)20-3/h10,13-14,20H,6-9,11H2,1-5H3,(H,21,22). The first kappa shape index (κ1) is 19.4. The second-order valence-electron chi connectivity index (χ2n) is 7.64. The number of aromatic nitrogens is 4. The van der Waals surface area contributed by atoms with Gasteiger partial charge >= 0.3 is 5.69 Å². The summed E-state index contributed by atoms with van der Waals surface area (Å²) in [5.74, 6) is 0.646. The summed E-state index contributed by atoms with van der Waals surface area (Å²) < 4.78 is 4.48. The number of nitrogens with zero attached hydrogens (tertiary/aromatic N) is 4. The van der Waals surface area contributed by atoms with Crippen LogP contribution >= 0.6 is 0 Å². The van der Waals surface area contributed by atoms with E-state index < -0.39 is 0 Å². The van der Waals surface area contributed by atoms with Gasteiger partial charge in [-0.05, 0) is 33.7 Å². The Morgan fingerprint density at radius 2 is 1.81 bits per heavy atom. The van der Waals surface area contributed by atoms with Gasteiger partial charge in [0.15, 0.2) is 11.2 Å². The molecule has 0 radical (unpaired) electrons. The normalized spacial score (nSPS) is 20.0. The van der Waals surface area contributed by atoms with Crippen molar-refractivity contribution in [3.05, 3.63) is 32.5 Å². The molecule has 3 rings (SSSR count). The molecular formula is C19H30N6O2. The Hall–Kier alpha value is -2.35. The number of anilines is 1. The minimum atomic E-state index is -0.364. The summed E-state index contributed by atoms with van der Waals surface area (Å²) in [6, 6.07) is 0.606. The van der Waals surface area contributed by atoms with Gasteiger partial charge in [-0.25, -0.2) is 4.79 Å². The van der Waals surface area contributed by atoms with E-state index in [-0.39, 0.29) is 17.3 Å². The van der Waals surface area contributed by atoms with E-state index in [1.165, 1.54) is 24.5 Å². The molecule has 1 saturated carbocycles. The molecule has 1 aliphatic carbocycles. The predicted octanol–water partition coefficient (Wildman–Crippen LogP) is 1.34. The highest BCUT2D eigenvalue weighted by atomic mass is 16.2. The fourth-order valence-electron chi connectivity index (χ4n) is 3.82. The third-order valence-corrected chi connectivity index (χ3v) is 5.48. The molecule has 148 valence electrons. The maximum absolute atomic E-state index is 12.8. The Morgan fingerprint density at radius 1 is 1.15 bits per heavy atom. The number of hydrogen-bond donors (Lipinski definition) is 2. The molecule has 8 nitrogen and oxygen atoms in total. The number of likely N-dealkylation sites (N-methyl/N-ethyl adjacent to an activating group) is 1. The van der Waals surface area contributed by atoms with Crippen molar-refractivity contribution < 1.29 is 0 Å². The summed E-state index contributed by atoms with van der Waals surface area (Å²) in [7, 11) is 5.15. The Balaban J connectivity index is 2.16. The second-order valence-corrected chi connectivity index (χ2v) is 7.64. The minimum absolute atomic E-state index is 0.242. The van der Waals surface area contributed by atoms with Gasteiger partial charge in [-0.1, -0.05) is 24.5 Å². The maximum atomic E-state index is 12.8. The highest BCUT2D eigenvalue weighted by Gasteiger charge is 2.26. The van der Waals surface area contributed by atoms with Gasteiger partial charge in [0.25, 0.3) is 5.56 Å². The van der Waals surface area contributed by atoms with Gasteiger partial charge in [0, 0.05) is 32.7 Å². The lowest BCUT2D eigenvalue weighted by Crippen LogP contribution is -2.45. The quantitative estimate of drug-likeness (QED) is 0.772. The van der Waals surface area contributed by atoms with Crippen molar-refractivity contribution >= 4 is 17.1 Å². The molecule has 2 aromatic rings. The van der Waals surface area contributed by atoms with Crippen LogP contribution in [0.1, 0.15) is 39.5 Å². The van der Waals surface area contributed by atoms with Crippen LogP contribution in [-0.2, 0) is 20.6 Å². The molecule has 0 saturated heterocycles. The van der Waals surface area contributed by atoms with Gasteiger partial charge in [0.2, 0.25) is 5.95 Å². The fraction of sp³-hybridized carbons (Fsp3) is 0.632. The van der Waals surface area contributed by atoms with E-state index in [9.17, 15) is 9.59 Å². The van der Waals surface area contributed by atoms with Crippen molar-refractivity contribution in [2.45, 2.75) is 58.2 Å². The average molecular weight is 374 g/mol. The van der Waals surface area contributed by atoms with E-state index in [4.69, 9.17) is 0 Å². The van der Waals surface area contributed by atoms with Gasteiger partial charge in [-0.3, -0.25) is 13.9 Å². The third-order valence-electron chi connectivity index (χ3n) is 5.48. The van der Waals surface area contributed by atoms with Crippen molar-refractivity contribution in [1.29, 1.82) is 0 Å². The van der Waals surface area contributed by atoms with E-state index in [1.54, 1.807) is 7.05 Å². The predicted molar refractivity (Wildman–Crippen MR) is 108 cm³/mol. The average Bonchev–Trinajstić information content (AvgIpc) is 3.01. The molecule has 0 bridgehead atoms. The van der Waals surface area contributed by atoms with Crippen molar-refractivity contribution in [2.75, 3.05) is 12.4 Å². The molecule has 2 heterocycles. The Labute approximate surface area is 158 Å². The van der Waals surface area contributed by atoms with E-state index in [0.717, 1.165) is 23.0 Å². The van der Waals surface area contributed by atoms with Crippen LogP contribution in [0.25, 0.3) is 11.2 Å². The van der Waals surface area contributed by atoms with Crippen molar-refractivity contribution in [2.24, 2.45) is 14.1 Å².